The molecule has 2 fully saturated rings. The Morgan fingerprint density at radius 1 is 1.07 bits per heavy atom. The van der Waals surface area contributed by atoms with Crippen LogP contribution >= 0.6 is 0 Å². The Morgan fingerprint density at radius 2 is 1.93 bits per heavy atom. The summed E-state index contributed by atoms with van der Waals surface area (Å²) >= 11 is 0. The standard InChI is InChI=1S/C12H24N2/c1-10-6-7-12(9-13-10)14-8-4-3-5-11(14)2/h10-13H,3-9H2,1-2H3. The van der Waals surface area contributed by atoms with Gasteiger partial charge < -0.3 is 5.32 Å². The van der Waals surface area contributed by atoms with E-state index in [2.05, 4.69) is 24.1 Å². The van der Waals surface area contributed by atoms with Crippen LogP contribution in [0.4, 0.5) is 0 Å². The molecule has 14 heavy (non-hydrogen) atoms. The first-order chi connectivity index (χ1) is 6.77. The highest BCUT2D eigenvalue weighted by Crippen LogP contribution is 2.23. The molecular formula is C12H24N2. The minimum atomic E-state index is 0.742. The minimum absolute atomic E-state index is 0.742. The third kappa shape index (κ3) is 2.29. The number of nitrogens with one attached hydrogen (secondary N) is 1. The number of hydrogen-bond acceptors (Lipinski definition) is 2. The van der Waals surface area contributed by atoms with E-state index < -0.39 is 0 Å². The fourth-order valence-corrected chi connectivity index (χ4v) is 2.93. The predicted octanol–water partition coefficient (Wildman–Crippen LogP) is 2.00. The van der Waals surface area contributed by atoms with Crippen LogP contribution in [-0.4, -0.2) is 36.1 Å². The van der Waals surface area contributed by atoms with Crippen molar-refractivity contribution in [3.05, 3.63) is 0 Å². The SMILES string of the molecule is CC1CCC(N2CCCCC2C)CN1. The molecule has 2 rings (SSSR count). The predicted molar refractivity (Wildman–Crippen MR) is 60.5 cm³/mol. The zero-order chi connectivity index (χ0) is 9.97. The second-order valence-electron chi connectivity index (χ2n) is 5.12. The maximum atomic E-state index is 3.61. The van der Waals surface area contributed by atoms with Crippen molar-refractivity contribution in [2.24, 2.45) is 0 Å². The van der Waals surface area contributed by atoms with E-state index in [1.165, 1.54) is 45.2 Å². The van der Waals surface area contributed by atoms with Gasteiger partial charge in [0.05, 0.1) is 0 Å². The molecule has 1 N–H and O–H groups in total. The van der Waals surface area contributed by atoms with E-state index in [0.717, 1.165) is 18.1 Å². The smallest absolute Gasteiger partial charge is 0.0224 e. The van der Waals surface area contributed by atoms with Gasteiger partial charge in [-0.3, -0.25) is 4.90 Å². The lowest BCUT2D eigenvalue weighted by atomic mass is 9.95. The first-order valence-electron chi connectivity index (χ1n) is 6.26. The summed E-state index contributed by atoms with van der Waals surface area (Å²) in [7, 11) is 0. The quantitative estimate of drug-likeness (QED) is 0.690. The molecule has 0 aliphatic carbocycles. The molecule has 2 aliphatic heterocycles. The average Bonchev–Trinajstić information content (AvgIpc) is 2.20. The number of likely N-dealkylation sites (tertiary alicyclic amines) is 1. The Bertz CT molecular complexity index is 173. The fraction of sp³-hybridized carbons (Fsp3) is 1.00. The molecule has 0 aromatic carbocycles. The molecule has 0 saturated carbocycles. The lowest BCUT2D eigenvalue weighted by Crippen LogP contribution is -2.53. The van der Waals surface area contributed by atoms with Gasteiger partial charge in [0.1, 0.15) is 0 Å². The summed E-state index contributed by atoms with van der Waals surface area (Å²) in [6.07, 6.45) is 7.02. The fourth-order valence-electron chi connectivity index (χ4n) is 2.93. The monoisotopic (exact) mass is 196 g/mol. The molecular weight excluding hydrogens is 172 g/mol. The molecule has 2 nitrogen and oxygen atoms in total. The second kappa shape index (κ2) is 4.63. The maximum absolute atomic E-state index is 3.61. The molecule has 0 amide bonds. The van der Waals surface area contributed by atoms with E-state index in [1.54, 1.807) is 0 Å². The van der Waals surface area contributed by atoms with Crippen LogP contribution in [0.25, 0.3) is 0 Å². The molecule has 2 saturated heterocycles. The first-order valence-corrected chi connectivity index (χ1v) is 6.26. The van der Waals surface area contributed by atoms with Crippen molar-refractivity contribution in [1.29, 1.82) is 0 Å². The van der Waals surface area contributed by atoms with Crippen LogP contribution < -0.4 is 5.32 Å². The zero-order valence-corrected chi connectivity index (χ0v) is 9.63. The van der Waals surface area contributed by atoms with E-state index >= 15 is 0 Å². The first kappa shape index (κ1) is 10.4. The molecule has 0 aromatic rings. The summed E-state index contributed by atoms with van der Waals surface area (Å²) in [6.45, 7) is 7.25. The summed E-state index contributed by atoms with van der Waals surface area (Å²) in [4.78, 5) is 2.74. The Hall–Kier alpha value is -0.0800. The molecule has 2 heteroatoms. The van der Waals surface area contributed by atoms with Gasteiger partial charge in [-0.15, -0.1) is 0 Å². The van der Waals surface area contributed by atoms with Gasteiger partial charge in [-0.25, -0.2) is 0 Å². The van der Waals surface area contributed by atoms with Crippen LogP contribution in [0, 0.1) is 0 Å². The van der Waals surface area contributed by atoms with Crippen LogP contribution in [0.1, 0.15) is 46.0 Å². The van der Waals surface area contributed by atoms with Gasteiger partial charge in [0.2, 0.25) is 0 Å². The summed E-state index contributed by atoms with van der Waals surface area (Å²) < 4.78 is 0. The number of nitrogens with zero attached hydrogens (tertiary/aromatic N) is 1. The van der Waals surface area contributed by atoms with Crippen LogP contribution in [0.15, 0.2) is 0 Å². The van der Waals surface area contributed by atoms with Gasteiger partial charge >= 0.3 is 0 Å². The molecule has 82 valence electrons. The summed E-state index contributed by atoms with van der Waals surface area (Å²) in [5.74, 6) is 0. The Morgan fingerprint density at radius 3 is 2.57 bits per heavy atom. The third-order valence-electron chi connectivity index (χ3n) is 3.96. The van der Waals surface area contributed by atoms with Crippen molar-refractivity contribution >= 4 is 0 Å². The van der Waals surface area contributed by atoms with Gasteiger partial charge in [0.25, 0.3) is 0 Å². The van der Waals surface area contributed by atoms with Gasteiger partial charge in [-0.05, 0) is 46.1 Å². The van der Waals surface area contributed by atoms with Gasteiger partial charge in [0.15, 0.2) is 0 Å². The van der Waals surface area contributed by atoms with E-state index in [-0.39, 0.29) is 0 Å². The van der Waals surface area contributed by atoms with Gasteiger partial charge in [-0.2, -0.15) is 0 Å². The van der Waals surface area contributed by atoms with Crippen molar-refractivity contribution < 1.29 is 0 Å². The lowest BCUT2D eigenvalue weighted by molar-refractivity contribution is 0.0827. The van der Waals surface area contributed by atoms with Gasteiger partial charge in [-0.1, -0.05) is 6.42 Å². The number of rotatable bonds is 1. The third-order valence-corrected chi connectivity index (χ3v) is 3.96. The van der Waals surface area contributed by atoms with Crippen molar-refractivity contribution in [3.63, 3.8) is 0 Å². The van der Waals surface area contributed by atoms with Crippen molar-refractivity contribution in [1.82, 2.24) is 10.2 Å². The Kier molecular flexibility index (Phi) is 3.45. The highest BCUT2D eigenvalue weighted by molar-refractivity contribution is 4.86. The van der Waals surface area contributed by atoms with Crippen molar-refractivity contribution in [2.75, 3.05) is 13.1 Å². The summed E-state index contributed by atoms with van der Waals surface area (Å²) in [6, 6.07) is 2.39. The molecule has 3 atom stereocenters. The molecule has 0 radical (unpaired) electrons. The molecule has 2 heterocycles. The molecule has 2 aliphatic rings. The summed E-state index contributed by atoms with van der Waals surface area (Å²) in [5.41, 5.74) is 0. The van der Waals surface area contributed by atoms with Crippen LogP contribution in [0.2, 0.25) is 0 Å². The Balaban J connectivity index is 1.87. The van der Waals surface area contributed by atoms with Gasteiger partial charge in [0, 0.05) is 24.7 Å². The molecule has 0 spiro atoms. The van der Waals surface area contributed by atoms with Crippen LogP contribution in [-0.2, 0) is 0 Å². The second-order valence-corrected chi connectivity index (χ2v) is 5.12. The molecule has 0 aromatic heterocycles. The van der Waals surface area contributed by atoms with E-state index in [0.29, 0.717) is 0 Å². The highest BCUT2D eigenvalue weighted by atomic mass is 15.2. The summed E-state index contributed by atoms with van der Waals surface area (Å²) in [5, 5.41) is 3.61. The van der Waals surface area contributed by atoms with Crippen LogP contribution in [0.3, 0.4) is 0 Å². The molecule has 3 unspecified atom stereocenters. The number of hydrogen-bond donors (Lipinski definition) is 1. The largest absolute Gasteiger partial charge is 0.313 e. The van der Waals surface area contributed by atoms with Crippen molar-refractivity contribution in [2.45, 2.75) is 64.1 Å². The van der Waals surface area contributed by atoms with E-state index in [1.807, 2.05) is 0 Å². The maximum Gasteiger partial charge on any atom is 0.0224 e. The topological polar surface area (TPSA) is 15.3 Å². The highest BCUT2D eigenvalue weighted by Gasteiger charge is 2.28. The van der Waals surface area contributed by atoms with E-state index in [4.69, 9.17) is 0 Å². The lowest BCUT2D eigenvalue weighted by Gasteiger charge is -2.42. The number of piperidine rings is 2. The van der Waals surface area contributed by atoms with Crippen molar-refractivity contribution in [3.8, 4) is 0 Å². The average molecular weight is 196 g/mol. The Labute approximate surface area is 88.1 Å². The van der Waals surface area contributed by atoms with Crippen LogP contribution in [0.5, 0.6) is 0 Å². The zero-order valence-electron chi connectivity index (χ0n) is 9.63. The minimum Gasteiger partial charge on any atom is -0.313 e. The van der Waals surface area contributed by atoms with E-state index in [9.17, 15) is 0 Å². The molecule has 0 bridgehead atoms. The normalized spacial score (nSPS) is 41.1.